The summed E-state index contributed by atoms with van der Waals surface area (Å²) in [5, 5.41) is 13.2. The van der Waals surface area contributed by atoms with Crippen LogP contribution in [0.4, 0.5) is 5.82 Å². The molecule has 1 saturated heterocycles. The monoisotopic (exact) mass is 325 g/mol. The molecule has 126 valence electrons. The van der Waals surface area contributed by atoms with Gasteiger partial charge in [0.1, 0.15) is 5.82 Å². The van der Waals surface area contributed by atoms with Crippen LogP contribution in [0, 0.1) is 5.92 Å². The number of anilines is 1. The number of aliphatic hydroxyl groups is 1. The third-order valence-electron chi connectivity index (χ3n) is 4.45. The molecule has 5 nitrogen and oxygen atoms in total. The van der Waals surface area contributed by atoms with Gasteiger partial charge in [-0.25, -0.2) is 4.98 Å². The van der Waals surface area contributed by atoms with E-state index in [1.54, 1.807) is 12.3 Å². The van der Waals surface area contributed by atoms with E-state index in [4.69, 9.17) is 0 Å². The Kier molecular flexibility index (Phi) is 5.56. The summed E-state index contributed by atoms with van der Waals surface area (Å²) >= 11 is 0. The molecule has 0 spiro atoms. The number of aliphatic hydroxyl groups excluding tert-OH is 1. The van der Waals surface area contributed by atoms with Crippen LogP contribution in [0.1, 0.15) is 12.0 Å². The first kappa shape index (κ1) is 16.6. The Hall–Kier alpha value is -2.24. The Bertz CT molecular complexity index is 648. The quantitative estimate of drug-likeness (QED) is 0.882. The van der Waals surface area contributed by atoms with E-state index in [-0.39, 0.29) is 18.4 Å². The fourth-order valence-corrected chi connectivity index (χ4v) is 3.17. The lowest BCUT2D eigenvalue weighted by Gasteiger charge is -2.35. The molecule has 0 bridgehead atoms. The second-order valence-corrected chi connectivity index (χ2v) is 6.30. The highest BCUT2D eigenvalue weighted by atomic mass is 16.3. The summed E-state index contributed by atoms with van der Waals surface area (Å²) in [5.41, 5.74) is 1.25. The minimum absolute atomic E-state index is 0.0950. The van der Waals surface area contributed by atoms with E-state index in [2.05, 4.69) is 22.4 Å². The van der Waals surface area contributed by atoms with Crippen molar-refractivity contribution in [2.45, 2.75) is 18.9 Å². The molecule has 5 heteroatoms. The molecule has 1 aliphatic heterocycles. The topological polar surface area (TPSA) is 65.5 Å². The predicted octanol–water partition coefficient (Wildman–Crippen LogP) is 1.95. The molecule has 2 aromatic rings. The lowest BCUT2D eigenvalue weighted by atomic mass is 9.88. The molecule has 0 aliphatic carbocycles. The summed E-state index contributed by atoms with van der Waals surface area (Å²) in [6, 6.07) is 15.7. The molecule has 3 rings (SSSR count). The summed E-state index contributed by atoms with van der Waals surface area (Å²) in [4.78, 5) is 18.2. The molecule has 2 N–H and O–H groups in total. The zero-order valence-corrected chi connectivity index (χ0v) is 13.6. The molecule has 0 saturated carbocycles. The van der Waals surface area contributed by atoms with Crippen molar-refractivity contribution in [3.8, 4) is 0 Å². The van der Waals surface area contributed by atoms with Crippen molar-refractivity contribution < 1.29 is 9.90 Å². The Labute approximate surface area is 142 Å². The number of carbonyl (C=O) groups excluding carboxylic acids is 1. The Morgan fingerprint density at radius 2 is 2.00 bits per heavy atom. The predicted molar refractivity (Wildman–Crippen MR) is 93.6 cm³/mol. The van der Waals surface area contributed by atoms with E-state index in [1.165, 1.54) is 5.56 Å². The van der Waals surface area contributed by atoms with Crippen LogP contribution < -0.4 is 5.32 Å². The number of rotatable bonds is 5. The van der Waals surface area contributed by atoms with E-state index in [0.29, 0.717) is 12.4 Å². The molecule has 0 radical (unpaired) electrons. The van der Waals surface area contributed by atoms with Crippen LogP contribution in [0.3, 0.4) is 0 Å². The molecular weight excluding hydrogens is 302 g/mol. The molecule has 1 aromatic carbocycles. The third kappa shape index (κ3) is 4.63. The van der Waals surface area contributed by atoms with Gasteiger partial charge in [0.25, 0.3) is 0 Å². The van der Waals surface area contributed by atoms with Crippen molar-refractivity contribution in [3.63, 3.8) is 0 Å². The molecule has 1 aromatic heterocycles. The van der Waals surface area contributed by atoms with Gasteiger partial charge in [-0.1, -0.05) is 36.4 Å². The number of hydrogen-bond donors (Lipinski definition) is 2. The maximum atomic E-state index is 12.1. The summed E-state index contributed by atoms with van der Waals surface area (Å²) in [6.07, 6.45) is 3.03. The Morgan fingerprint density at radius 3 is 2.71 bits per heavy atom. The Balaban J connectivity index is 1.47. The number of nitrogens with one attached hydrogen (secondary N) is 1. The van der Waals surface area contributed by atoms with Gasteiger partial charge < -0.3 is 10.4 Å². The van der Waals surface area contributed by atoms with Crippen molar-refractivity contribution in [1.82, 2.24) is 9.88 Å². The first-order valence-corrected chi connectivity index (χ1v) is 8.36. The van der Waals surface area contributed by atoms with Gasteiger partial charge in [-0.2, -0.15) is 0 Å². The maximum absolute atomic E-state index is 12.1. The number of piperidine rings is 1. The molecule has 0 unspecified atom stereocenters. The van der Waals surface area contributed by atoms with Crippen molar-refractivity contribution in [3.05, 3.63) is 60.3 Å². The normalized spacial score (nSPS) is 21.4. The maximum Gasteiger partial charge on any atom is 0.239 e. The van der Waals surface area contributed by atoms with Gasteiger partial charge in [-0.3, -0.25) is 9.69 Å². The highest BCUT2D eigenvalue weighted by Crippen LogP contribution is 2.22. The molecular formula is C19H23N3O2. The van der Waals surface area contributed by atoms with Gasteiger partial charge >= 0.3 is 0 Å². The number of hydrogen-bond acceptors (Lipinski definition) is 4. The largest absolute Gasteiger partial charge is 0.391 e. The zero-order chi connectivity index (χ0) is 16.8. The summed E-state index contributed by atoms with van der Waals surface area (Å²) in [7, 11) is 0. The SMILES string of the molecule is O=C(CN1CC[C@H](Cc2ccccc2)[C@@H](O)C1)Nc1ccccn1. The molecule has 1 aliphatic rings. The summed E-state index contributed by atoms with van der Waals surface area (Å²) in [5.74, 6) is 0.715. The molecule has 2 heterocycles. The molecule has 1 fully saturated rings. The number of aromatic nitrogens is 1. The second kappa shape index (κ2) is 8.04. The van der Waals surface area contributed by atoms with E-state index in [0.717, 1.165) is 19.4 Å². The first-order chi connectivity index (χ1) is 11.7. The lowest BCUT2D eigenvalue weighted by Crippen LogP contribution is -2.47. The van der Waals surface area contributed by atoms with Crippen LogP contribution in [-0.4, -0.2) is 46.6 Å². The van der Waals surface area contributed by atoms with E-state index < -0.39 is 6.10 Å². The van der Waals surface area contributed by atoms with Gasteiger partial charge in [-0.15, -0.1) is 0 Å². The van der Waals surface area contributed by atoms with Gasteiger partial charge in [-0.05, 0) is 43.0 Å². The Morgan fingerprint density at radius 1 is 1.21 bits per heavy atom. The number of carbonyl (C=O) groups is 1. The molecule has 1 amide bonds. The van der Waals surface area contributed by atoms with Crippen LogP contribution in [-0.2, 0) is 11.2 Å². The number of likely N-dealkylation sites (tertiary alicyclic amines) is 1. The van der Waals surface area contributed by atoms with Crippen LogP contribution >= 0.6 is 0 Å². The van der Waals surface area contributed by atoms with Gasteiger partial charge in [0, 0.05) is 12.7 Å². The second-order valence-electron chi connectivity index (χ2n) is 6.30. The van der Waals surface area contributed by atoms with E-state index in [9.17, 15) is 9.90 Å². The van der Waals surface area contributed by atoms with Crippen LogP contribution in [0.25, 0.3) is 0 Å². The first-order valence-electron chi connectivity index (χ1n) is 8.36. The number of benzene rings is 1. The van der Waals surface area contributed by atoms with Gasteiger partial charge in [0.2, 0.25) is 5.91 Å². The zero-order valence-electron chi connectivity index (χ0n) is 13.6. The third-order valence-corrected chi connectivity index (χ3v) is 4.45. The highest BCUT2D eigenvalue weighted by Gasteiger charge is 2.28. The van der Waals surface area contributed by atoms with E-state index in [1.807, 2.05) is 35.2 Å². The van der Waals surface area contributed by atoms with Gasteiger partial charge in [0.15, 0.2) is 0 Å². The smallest absolute Gasteiger partial charge is 0.239 e. The van der Waals surface area contributed by atoms with Crippen molar-refractivity contribution in [1.29, 1.82) is 0 Å². The summed E-state index contributed by atoms with van der Waals surface area (Å²) in [6.45, 7) is 1.64. The number of amides is 1. The molecule has 2 atom stereocenters. The average Bonchev–Trinajstić information content (AvgIpc) is 2.59. The highest BCUT2D eigenvalue weighted by molar-refractivity contribution is 5.91. The minimum atomic E-state index is -0.401. The van der Waals surface area contributed by atoms with Crippen molar-refractivity contribution in [2.75, 3.05) is 25.0 Å². The standard InChI is InChI=1S/C19H23N3O2/c23-17-13-22(14-19(24)21-18-8-4-5-10-20-18)11-9-16(17)12-15-6-2-1-3-7-15/h1-8,10,16-17,23H,9,11-14H2,(H,20,21,24)/t16-,17+/m1/s1. The average molecular weight is 325 g/mol. The van der Waals surface area contributed by atoms with Crippen molar-refractivity contribution in [2.24, 2.45) is 5.92 Å². The minimum Gasteiger partial charge on any atom is -0.391 e. The van der Waals surface area contributed by atoms with Crippen LogP contribution in [0.2, 0.25) is 0 Å². The molecule has 24 heavy (non-hydrogen) atoms. The van der Waals surface area contributed by atoms with Crippen LogP contribution in [0.15, 0.2) is 54.7 Å². The van der Waals surface area contributed by atoms with Crippen LogP contribution in [0.5, 0.6) is 0 Å². The summed E-state index contributed by atoms with van der Waals surface area (Å²) < 4.78 is 0. The van der Waals surface area contributed by atoms with Gasteiger partial charge in [0.05, 0.1) is 12.6 Å². The fourth-order valence-electron chi connectivity index (χ4n) is 3.17. The number of nitrogens with zero attached hydrogens (tertiary/aromatic N) is 2. The lowest BCUT2D eigenvalue weighted by molar-refractivity contribution is -0.118. The fraction of sp³-hybridized carbons (Fsp3) is 0.368. The number of β-amino-alcohol motifs (C(OH)–C–C–N with tert-alkyl or cyclic N) is 1. The number of pyridine rings is 1. The van der Waals surface area contributed by atoms with E-state index >= 15 is 0 Å². The van der Waals surface area contributed by atoms with Crippen molar-refractivity contribution >= 4 is 11.7 Å².